The summed E-state index contributed by atoms with van der Waals surface area (Å²) in [4.78, 5) is 0. The molecule has 0 amide bonds. The maximum atomic E-state index is 13.8. The van der Waals surface area contributed by atoms with Crippen molar-refractivity contribution in [2.24, 2.45) is 10.9 Å². The Morgan fingerprint density at radius 3 is 2.71 bits per heavy atom. The summed E-state index contributed by atoms with van der Waals surface area (Å²) >= 11 is 11.8. The van der Waals surface area contributed by atoms with Gasteiger partial charge in [0.2, 0.25) is 0 Å². The van der Waals surface area contributed by atoms with Crippen LogP contribution in [0.5, 0.6) is 5.75 Å². The Bertz CT molecular complexity index is 693. The van der Waals surface area contributed by atoms with E-state index in [0.717, 1.165) is 0 Å². The van der Waals surface area contributed by atoms with Crippen LogP contribution < -0.4 is 10.5 Å². The number of ether oxygens (including phenoxy) is 1. The van der Waals surface area contributed by atoms with Gasteiger partial charge in [0, 0.05) is 15.6 Å². The highest BCUT2D eigenvalue weighted by Crippen LogP contribution is 2.25. The summed E-state index contributed by atoms with van der Waals surface area (Å²) in [6, 6.07) is 9.12. The van der Waals surface area contributed by atoms with Crippen LogP contribution in [-0.4, -0.2) is 11.0 Å². The normalized spacial score (nSPS) is 11.5. The fourth-order valence-corrected chi connectivity index (χ4v) is 2.18. The number of hydrogen-bond acceptors (Lipinski definition) is 3. The van der Waals surface area contributed by atoms with E-state index in [0.29, 0.717) is 15.6 Å². The van der Waals surface area contributed by atoms with Crippen molar-refractivity contribution in [3.8, 4) is 5.75 Å². The molecule has 0 saturated heterocycles. The van der Waals surface area contributed by atoms with Crippen LogP contribution in [0.25, 0.3) is 0 Å². The Labute approximate surface area is 130 Å². The molecule has 0 heterocycles. The van der Waals surface area contributed by atoms with Gasteiger partial charge < -0.3 is 15.7 Å². The summed E-state index contributed by atoms with van der Waals surface area (Å²) in [7, 11) is 0. The number of halogens is 3. The van der Waals surface area contributed by atoms with Crippen LogP contribution in [0.15, 0.2) is 41.6 Å². The quantitative estimate of drug-likeness (QED) is 0.388. The fourth-order valence-electron chi connectivity index (χ4n) is 1.72. The van der Waals surface area contributed by atoms with E-state index in [9.17, 15) is 4.39 Å². The molecule has 4 nitrogen and oxygen atoms in total. The van der Waals surface area contributed by atoms with Gasteiger partial charge in [-0.25, -0.2) is 4.39 Å². The Morgan fingerprint density at radius 2 is 2.05 bits per heavy atom. The number of benzene rings is 2. The molecule has 2 aromatic carbocycles. The van der Waals surface area contributed by atoms with Crippen LogP contribution in [0.1, 0.15) is 11.1 Å². The van der Waals surface area contributed by atoms with Gasteiger partial charge in [0.1, 0.15) is 18.2 Å². The molecule has 21 heavy (non-hydrogen) atoms. The Morgan fingerprint density at radius 1 is 1.29 bits per heavy atom. The monoisotopic (exact) mass is 328 g/mol. The Hall–Kier alpha value is -1.98. The standard InChI is InChI=1S/C14H11Cl2FN2O2/c15-9-5-4-8(10(16)6-9)7-21-12-3-1-2-11(17)13(12)14(18)19-20/h1-6,20H,7H2,(H2,18,19). The molecule has 0 spiro atoms. The highest BCUT2D eigenvalue weighted by atomic mass is 35.5. The van der Waals surface area contributed by atoms with Crippen LogP contribution in [0, 0.1) is 5.82 Å². The van der Waals surface area contributed by atoms with Gasteiger partial charge in [-0.15, -0.1) is 0 Å². The maximum Gasteiger partial charge on any atom is 0.176 e. The summed E-state index contributed by atoms with van der Waals surface area (Å²) in [6.45, 7) is 0.0885. The molecular formula is C14H11Cl2FN2O2. The predicted molar refractivity (Wildman–Crippen MR) is 79.7 cm³/mol. The van der Waals surface area contributed by atoms with Gasteiger partial charge in [-0.05, 0) is 24.3 Å². The van der Waals surface area contributed by atoms with Crippen molar-refractivity contribution >= 4 is 29.0 Å². The first kappa shape index (κ1) is 15.4. The van der Waals surface area contributed by atoms with Crippen LogP contribution in [-0.2, 0) is 6.61 Å². The molecule has 2 aromatic rings. The van der Waals surface area contributed by atoms with E-state index < -0.39 is 5.82 Å². The summed E-state index contributed by atoms with van der Waals surface area (Å²) in [5.74, 6) is -0.869. The van der Waals surface area contributed by atoms with Crippen LogP contribution in [0.4, 0.5) is 4.39 Å². The van der Waals surface area contributed by atoms with Crippen molar-refractivity contribution in [3.63, 3.8) is 0 Å². The minimum absolute atomic E-state index is 0.0885. The van der Waals surface area contributed by atoms with E-state index in [1.165, 1.54) is 18.2 Å². The van der Waals surface area contributed by atoms with Crippen LogP contribution in [0.3, 0.4) is 0 Å². The van der Waals surface area contributed by atoms with Crippen molar-refractivity contribution in [1.29, 1.82) is 0 Å². The van der Waals surface area contributed by atoms with Gasteiger partial charge in [-0.2, -0.15) is 0 Å². The second-order valence-electron chi connectivity index (χ2n) is 4.12. The molecule has 7 heteroatoms. The molecule has 0 bridgehead atoms. The van der Waals surface area contributed by atoms with Crippen molar-refractivity contribution in [2.75, 3.05) is 0 Å². The molecule has 110 valence electrons. The Balaban J connectivity index is 2.26. The summed E-state index contributed by atoms with van der Waals surface area (Å²) in [6.07, 6.45) is 0. The zero-order valence-corrected chi connectivity index (χ0v) is 12.2. The molecule has 0 aromatic heterocycles. The summed E-state index contributed by atoms with van der Waals surface area (Å²) < 4.78 is 19.3. The molecule has 0 aliphatic rings. The molecule has 0 aliphatic heterocycles. The molecule has 0 saturated carbocycles. The van der Waals surface area contributed by atoms with Gasteiger partial charge in [-0.1, -0.05) is 40.5 Å². The van der Waals surface area contributed by atoms with Crippen molar-refractivity contribution in [1.82, 2.24) is 0 Å². The first-order chi connectivity index (χ1) is 10.0. The van der Waals surface area contributed by atoms with E-state index in [2.05, 4.69) is 5.16 Å². The first-order valence-corrected chi connectivity index (χ1v) is 6.61. The summed E-state index contributed by atoms with van der Waals surface area (Å²) in [5.41, 5.74) is 6.02. The number of nitrogens with zero attached hydrogens (tertiary/aromatic N) is 1. The number of oxime groups is 1. The maximum absolute atomic E-state index is 13.8. The summed E-state index contributed by atoms with van der Waals surface area (Å²) in [5, 5.41) is 12.4. The topological polar surface area (TPSA) is 67.8 Å². The molecule has 0 radical (unpaired) electrons. The zero-order valence-electron chi connectivity index (χ0n) is 10.7. The molecule has 0 aliphatic carbocycles. The van der Waals surface area contributed by atoms with E-state index in [1.54, 1.807) is 18.2 Å². The second kappa shape index (κ2) is 6.65. The molecule has 0 unspecified atom stereocenters. The third-order valence-electron chi connectivity index (χ3n) is 2.74. The van der Waals surface area contributed by atoms with Crippen molar-refractivity contribution < 1.29 is 14.3 Å². The molecular weight excluding hydrogens is 318 g/mol. The minimum atomic E-state index is -0.648. The highest BCUT2D eigenvalue weighted by Gasteiger charge is 2.14. The van der Waals surface area contributed by atoms with Gasteiger partial charge in [-0.3, -0.25) is 0 Å². The number of amidine groups is 1. The predicted octanol–water partition coefficient (Wildman–Crippen LogP) is 3.81. The van der Waals surface area contributed by atoms with Crippen LogP contribution >= 0.6 is 23.2 Å². The molecule has 0 fully saturated rings. The van der Waals surface area contributed by atoms with Gasteiger partial charge in [0.15, 0.2) is 5.84 Å². The third kappa shape index (κ3) is 3.56. The second-order valence-corrected chi connectivity index (χ2v) is 4.97. The Kier molecular flexibility index (Phi) is 4.88. The smallest absolute Gasteiger partial charge is 0.176 e. The number of rotatable bonds is 4. The van der Waals surface area contributed by atoms with E-state index in [-0.39, 0.29) is 23.8 Å². The van der Waals surface area contributed by atoms with Crippen molar-refractivity contribution in [2.45, 2.75) is 6.61 Å². The van der Waals surface area contributed by atoms with E-state index in [4.69, 9.17) is 38.9 Å². The largest absolute Gasteiger partial charge is 0.488 e. The SMILES string of the molecule is N/C(=N\O)c1c(F)cccc1OCc1ccc(Cl)cc1Cl. The lowest BCUT2D eigenvalue weighted by atomic mass is 10.1. The first-order valence-electron chi connectivity index (χ1n) is 5.86. The minimum Gasteiger partial charge on any atom is -0.488 e. The highest BCUT2D eigenvalue weighted by molar-refractivity contribution is 6.35. The van der Waals surface area contributed by atoms with Gasteiger partial charge in [0.25, 0.3) is 0 Å². The number of hydrogen-bond donors (Lipinski definition) is 2. The van der Waals surface area contributed by atoms with E-state index >= 15 is 0 Å². The zero-order chi connectivity index (χ0) is 15.4. The fraction of sp³-hybridized carbons (Fsp3) is 0.0714. The molecule has 2 rings (SSSR count). The molecule has 3 N–H and O–H groups in total. The lowest BCUT2D eigenvalue weighted by Crippen LogP contribution is -2.17. The van der Waals surface area contributed by atoms with Gasteiger partial charge in [0.05, 0.1) is 5.56 Å². The average Bonchev–Trinajstić information content (AvgIpc) is 2.45. The lowest BCUT2D eigenvalue weighted by molar-refractivity contribution is 0.301. The average molecular weight is 329 g/mol. The third-order valence-corrected chi connectivity index (χ3v) is 3.32. The molecule has 0 atom stereocenters. The van der Waals surface area contributed by atoms with Crippen LogP contribution in [0.2, 0.25) is 10.0 Å². The van der Waals surface area contributed by atoms with Crippen molar-refractivity contribution in [3.05, 3.63) is 63.4 Å². The van der Waals surface area contributed by atoms with Gasteiger partial charge >= 0.3 is 0 Å². The number of nitrogens with two attached hydrogens (primary N) is 1. The van der Waals surface area contributed by atoms with E-state index in [1.807, 2.05) is 0 Å². The lowest BCUT2D eigenvalue weighted by Gasteiger charge is -2.12.